The van der Waals surface area contributed by atoms with Crippen molar-refractivity contribution in [1.82, 2.24) is 4.98 Å². The Morgan fingerprint density at radius 3 is 2.65 bits per heavy atom. The van der Waals surface area contributed by atoms with E-state index in [1.54, 1.807) is 12.1 Å². The van der Waals surface area contributed by atoms with Crippen LogP contribution in [0.15, 0.2) is 53.6 Å². The molecule has 1 aliphatic rings. The molecule has 1 aromatic heterocycles. The minimum atomic E-state index is -0.884. The quantitative estimate of drug-likeness (QED) is 0.648. The summed E-state index contributed by atoms with van der Waals surface area (Å²) in [6.45, 7) is 2.86. The van der Waals surface area contributed by atoms with Gasteiger partial charge in [-0.25, -0.2) is 4.98 Å². The Hall–Kier alpha value is -3.04. The summed E-state index contributed by atoms with van der Waals surface area (Å²) in [7, 11) is 0. The first-order valence-electron chi connectivity index (χ1n) is 8.36. The van der Waals surface area contributed by atoms with Crippen LogP contribution in [0.5, 0.6) is 0 Å². The molecule has 0 spiro atoms. The molecule has 0 amide bonds. The largest absolute Gasteiger partial charge is 0.292 e. The molecule has 128 valence electrons. The van der Waals surface area contributed by atoms with Crippen molar-refractivity contribution in [3.63, 3.8) is 0 Å². The number of Topliss-reactive ketones (excluding diaryl/α,β-unsaturated/α-hetero) is 1. The van der Waals surface area contributed by atoms with Crippen LogP contribution in [0.1, 0.15) is 34.6 Å². The van der Waals surface area contributed by atoms with Crippen LogP contribution in [-0.4, -0.2) is 23.0 Å². The van der Waals surface area contributed by atoms with E-state index in [1.807, 2.05) is 48.3 Å². The highest BCUT2D eigenvalue weighted by atomic mass is 32.1. The van der Waals surface area contributed by atoms with E-state index in [0.717, 1.165) is 34.6 Å². The van der Waals surface area contributed by atoms with Crippen molar-refractivity contribution >= 4 is 38.7 Å². The molecule has 2 heterocycles. The molecule has 0 fully saturated rings. The predicted molar refractivity (Wildman–Crippen MR) is 104 cm³/mol. The summed E-state index contributed by atoms with van der Waals surface area (Å²) in [6, 6.07) is 17.1. The maximum Gasteiger partial charge on any atom is 0.186 e. The fraction of sp³-hybridized carbons (Fsp3) is 0.200. The number of anilines is 1. The zero-order chi connectivity index (χ0) is 18.1. The number of nitrogens with zero attached hydrogens (tertiary/aromatic N) is 4. The van der Waals surface area contributed by atoms with Crippen LogP contribution >= 0.6 is 11.3 Å². The van der Waals surface area contributed by atoms with Crippen molar-refractivity contribution in [3.05, 3.63) is 59.1 Å². The van der Waals surface area contributed by atoms with Crippen LogP contribution in [0.25, 0.3) is 10.2 Å². The highest BCUT2D eigenvalue weighted by molar-refractivity contribution is 7.18. The van der Waals surface area contributed by atoms with Crippen LogP contribution in [0.3, 0.4) is 0 Å². The third-order valence-electron chi connectivity index (χ3n) is 4.38. The Morgan fingerprint density at radius 1 is 1.23 bits per heavy atom. The van der Waals surface area contributed by atoms with Gasteiger partial charge in [0.15, 0.2) is 11.7 Å². The van der Waals surface area contributed by atoms with E-state index < -0.39 is 5.92 Å². The molecule has 2 aromatic carbocycles. The number of para-hydroxylation sites is 1. The number of thiazole rings is 1. The first kappa shape index (κ1) is 16.4. The topological polar surface area (TPSA) is 69.3 Å². The number of hydrazone groups is 1. The van der Waals surface area contributed by atoms with Gasteiger partial charge in [-0.15, -0.1) is 11.3 Å². The number of rotatable bonds is 4. The van der Waals surface area contributed by atoms with Crippen LogP contribution in [0, 0.1) is 11.3 Å². The Bertz CT molecular complexity index is 1010. The molecule has 0 N–H and O–H groups in total. The number of hydrogen-bond acceptors (Lipinski definition) is 6. The normalized spacial score (nSPS) is 14.9. The van der Waals surface area contributed by atoms with Gasteiger partial charge >= 0.3 is 0 Å². The molecule has 1 atom stereocenters. The van der Waals surface area contributed by atoms with E-state index in [4.69, 9.17) is 0 Å². The average Bonchev–Trinajstić information content (AvgIpc) is 3.28. The number of hydrogen-bond donors (Lipinski definition) is 0. The van der Waals surface area contributed by atoms with Crippen molar-refractivity contribution in [1.29, 1.82) is 5.26 Å². The minimum Gasteiger partial charge on any atom is -0.292 e. The van der Waals surface area contributed by atoms with Crippen LogP contribution in [0.4, 0.5) is 5.69 Å². The number of carbonyl (C=O) groups excluding carboxylic acids is 1. The van der Waals surface area contributed by atoms with Gasteiger partial charge in [0.2, 0.25) is 0 Å². The highest BCUT2D eigenvalue weighted by Crippen LogP contribution is 2.30. The van der Waals surface area contributed by atoms with Crippen LogP contribution < -0.4 is 5.01 Å². The summed E-state index contributed by atoms with van der Waals surface area (Å²) in [6.07, 6.45) is 0.953. The maximum absolute atomic E-state index is 12.8. The zero-order valence-electron chi connectivity index (χ0n) is 14.2. The summed E-state index contributed by atoms with van der Waals surface area (Å²) in [4.78, 5) is 17.3. The number of ketones is 1. The number of nitriles is 1. The summed E-state index contributed by atoms with van der Waals surface area (Å²) < 4.78 is 0.980. The summed E-state index contributed by atoms with van der Waals surface area (Å²) >= 11 is 1.40. The van der Waals surface area contributed by atoms with E-state index >= 15 is 0 Å². The first-order chi connectivity index (χ1) is 12.7. The van der Waals surface area contributed by atoms with Gasteiger partial charge in [0.25, 0.3) is 0 Å². The molecule has 3 aromatic rings. The van der Waals surface area contributed by atoms with Gasteiger partial charge in [-0.05, 0) is 43.3 Å². The monoisotopic (exact) mass is 360 g/mol. The Kier molecular flexibility index (Phi) is 4.23. The van der Waals surface area contributed by atoms with Crippen molar-refractivity contribution in [2.24, 2.45) is 5.10 Å². The van der Waals surface area contributed by atoms with Crippen LogP contribution in [-0.2, 0) is 0 Å². The molecule has 0 radical (unpaired) electrons. The molecular formula is C20H16N4OS. The van der Waals surface area contributed by atoms with E-state index in [2.05, 4.69) is 16.2 Å². The third kappa shape index (κ3) is 2.98. The Labute approximate surface area is 155 Å². The number of benzene rings is 2. The fourth-order valence-electron chi connectivity index (χ4n) is 2.96. The second-order valence-corrected chi connectivity index (χ2v) is 7.26. The van der Waals surface area contributed by atoms with E-state index in [1.165, 1.54) is 11.3 Å². The van der Waals surface area contributed by atoms with Gasteiger partial charge in [0.1, 0.15) is 5.01 Å². The molecule has 0 saturated heterocycles. The van der Waals surface area contributed by atoms with E-state index in [-0.39, 0.29) is 5.78 Å². The lowest BCUT2D eigenvalue weighted by molar-refractivity contribution is 0.0979. The lowest BCUT2D eigenvalue weighted by Gasteiger charge is -2.14. The summed E-state index contributed by atoms with van der Waals surface area (Å²) in [5, 5.41) is 16.5. The van der Waals surface area contributed by atoms with Gasteiger partial charge < -0.3 is 0 Å². The number of aromatic nitrogens is 1. The molecule has 0 aliphatic carbocycles. The first-order valence-corrected chi connectivity index (χ1v) is 9.18. The molecule has 5 nitrogen and oxygen atoms in total. The van der Waals surface area contributed by atoms with Crippen molar-refractivity contribution < 1.29 is 4.79 Å². The van der Waals surface area contributed by atoms with Gasteiger partial charge in [-0.3, -0.25) is 9.80 Å². The Balaban J connectivity index is 1.60. The molecule has 1 aliphatic heterocycles. The standard InChI is InChI=1S/C20H16N4OS/c1-13-10-11-24(23-13)15-8-6-14(7-9-15)19(25)16(12-21)20-22-17-4-2-3-5-18(17)26-20/h2-9,16H,10-11H2,1H3. The second kappa shape index (κ2) is 6.70. The average molecular weight is 360 g/mol. The third-order valence-corrected chi connectivity index (χ3v) is 5.48. The van der Waals surface area contributed by atoms with Gasteiger partial charge in [-0.1, -0.05) is 12.1 Å². The van der Waals surface area contributed by atoms with Crippen LogP contribution in [0.2, 0.25) is 0 Å². The van der Waals surface area contributed by atoms with E-state index in [0.29, 0.717) is 10.6 Å². The van der Waals surface area contributed by atoms with Crippen molar-refractivity contribution in [3.8, 4) is 6.07 Å². The van der Waals surface area contributed by atoms with Crippen molar-refractivity contribution in [2.45, 2.75) is 19.3 Å². The molecule has 1 unspecified atom stereocenters. The molecular weight excluding hydrogens is 344 g/mol. The maximum atomic E-state index is 12.8. The Morgan fingerprint density at radius 2 is 2.00 bits per heavy atom. The number of fused-ring (bicyclic) bond motifs is 1. The predicted octanol–water partition coefficient (Wildman–Crippen LogP) is 4.37. The highest BCUT2D eigenvalue weighted by Gasteiger charge is 2.25. The fourth-order valence-corrected chi connectivity index (χ4v) is 3.98. The molecule has 4 rings (SSSR count). The smallest absolute Gasteiger partial charge is 0.186 e. The lowest BCUT2D eigenvalue weighted by atomic mass is 9.99. The molecule has 0 bridgehead atoms. The van der Waals surface area contributed by atoms with Gasteiger partial charge in [-0.2, -0.15) is 10.4 Å². The molecule has 6 heteroatoms. The van der Waals surface area contributed by atoms with E-state index in [9.17, 15) is 10.1 Å². The molecule has 0 saturated carbocycles. The minimum absolute atomic E-state index is 0.223. The SMILES string of the molecule is CC1=NN(c2ccc(C(=O)C(C#N)c3nc4ccccc4s3)cc2)CC1. The van der Waals surface area contributed by atoms with Gasteiger partial charge in [0, 0.05) is 24.2 Å². The second-order valence-electron chi connectivity index (χ2n) is 6.20. The summed E-state index contributed by atoms with van der Waals surface area (Å²) in [5.41, 5.74) is 3.38. The van der Waals surface area contributed by atoms with Gasteiger partial charge in [0.05, 0.1) is 22.0 Å². The zero-order valence-corrected chi connectivity index (χ0v) is 15.0. The lowest BCUT2D eigenvalue weighted by Crippen LogP contribution is -2.13. The molecule has 26 heavy (non-hydrogen) atoms. The summed E-state index contributed by atoms with van der Waals surface area (Å²) in [5.74, 6) is -1.11. The van der Waals surface area contributed by atoms with Crippen molar-refractivity contribution in [2.75, 3.05) is 11.6 Å². The number of carbonyl (C=O) groups is 1.